The van der Waals surface area contributed by atoms with E-state index in [4.69, 9.17) is 76.5 Å². The highest BCUT2D eigenvalue weighted by Gasteiger charge is 2.27. The quantitative estimate of drug-likeness (QED) is 0.153. The van der Waals surface area contributed by atoms with Crippen LogP contribution in [0.4, 0.5) is 0 Å². The first-order valence-electron chi connectivity index (χ1n) is 12.6. The van der Waals surface area contributed by atoms with E-state index in [1.807, 2.05) is 0 Å². The van der Waals surface area contributed by atoms with E-state index in [1.54, 1.807) is 66.7 Å². The maximum Gasteiger partial charge on any atom is 0.344 e. The molecule has 0 bridgehead atoms. The monoisotopic (exact) mass is 685 g/mol. The summed E-state index contributed by atoms with van der Waals surface area (Å²) in [6.45, 7) is 0. The lowest BCUT2D eigenvalue weighted by molar-refractivity contribution is 0.0600. The Morgan fingerprint density at radius 1 is 0.773 bits per heavy atom. The summed E-state index contributed by atoms with van der Waals surface area (Å²) in [5, 5.41) is 10.6. The number of esters is 1. The number of methoxy groups -OCH3 is 1. The molecule has 0 amide bonds. The van der Waals surface area contributed by atoms with Gasteiger partial charge in [-0.2, -0.15) is 0 Å². The van der Waals surface area contributed by atoms with Gasteiger partial charge in [0.2, 0.25) is 5.88 Å². The summed E-state index contributed by atoms with van der Waals surface area (Å²) in [6.07, 6.45) is 4.62. The van der Waals surface area contributed by atoms with Crippen LogP contribution in [0.2, 0.25) is 25.1 Å². The fourth-order valence-corrected chi connectivity index (χ4v) is 5.70. The van der Waals surface area contributed by atoms with E-state index in [2.05, 4.69) is 15.3 Å². The number of rotatable bonds is 7. The van der Waals surface area contributed by atoms with Crippen molar-refractivity contribution < 1.29 is 23.3 Å². The van der Waals surface area contributed by atoms with E-state index in [9.17, 15) is 4.79 Å². The first-order valence-corrected chi connectivity index (χ1v) is 14.5. The van der Waals surface area contributed by atoms with Crippen molar-refractivity contribution >= 4 is 87.1 Å². The summed E-state index contributed by atoms with van der Waals surface area (Å²) in [4.78, 5) is 17.4. The topological polar surface area (TPSA) is 100 Å². The van der Waals surface area contributed by atoms with Crippen LogP contribution in [0.15, 0.2) is 75.9 Å². The van der Waals surface area contributed by atoms with Crippen LogP contribution < -0.4 is 4.74 Å². The van der Waals surface area contributed by atoms with Gasteiger partial charge >= 0.3 is 5.97 Å². The van der Waals surface area contributed by atoms with Crippen LogP contribution in [0, 0.1) is 0 Å². The van der Waals surface area contributed by atoms with Crippen molar-refractivity contribution in [2.75, 3.05) is 7.11 Å². The number of hydrogen-bond acceptors (Lipinski definition) is 8. The van der Waals surface area contributed by atoms with Crippen LogP contribution >= 0.6 is 58.0 Å². The van der Waals surface area contributed by atoms with E-state index in [1.165, 1.54) is 19.4 Å². The zero-order chi connectivity index (χ0) is 31.0. The maximum absolute atomic E-state index is 12.9. The minimum Gasteiger partial charge on any atom is -0.465 e. The van der Waals surface area contributed by atoms with Gasteiger partial charge in [-0.3, -0.25) is 0 Å². The molecule has 3 aromatic carbocycles. The Labute approximate surface area is 274 Å². The van der Waals surface area contributed by atoms with Crippen molar-refractivity contribution in [3.63, 3.8) is 0 Å². The number of pyridine rings is 1. The molecule has 6 rings (SSSR count). The van der Waals surface area contributed by atoms with E-state index >= 15 is 0 Å². The fourth-order valence-electron chi connectivity index (χ4n) is 4.42. The molecule has 6 aromatic rings. The van der Waals surface area contributed by atoms with Crippen LogP contribution in [0.3, 0.4) is 0 Å². The molecule has 0 aliphatic heterocycles. The molecule has 0 N–H and O–H groups in total. The summed E-state index contributed by atoms with van der Waals surface area (Å²) in [6, 6.07) is 16.8. The lowest BCUT2D eigenvalue weighted by Gasteiger charge is -2.09. The van der Waals surface area contributed by atoms with E-state index < -0.39 is 5.97 Å². The first kappa shape index (κ1) is 30.0. The number of halogens is 5. The third kappa shape index (κ3) is 5.63. The minimum absolute atomic E-state index is 0.0201. The summed E-state index contributed by atoms with van der Waals surface area (Å²) < 4.78 is 22.5. The largest absolute Gasteiger partial charge is 0.465 e. The van der Waals surface area contributed by atoms with Crippen molar-refractivity contribution in [3.8, 4) is 34.1 Å². The Kier molecular flexibility index (Phi) is 8.53. The van der Waals surface area contributed by atoms with Crippen LogP contribution in [-0.4, -0.2) is 28.4 Å². The molecule has 0 aliphatic rings. The second-order valence-electron chi connectivity index (χ2n) is 9.10. The Hall–Kier alpha value is -4.05. The molecule has 0 saturated heterocycles. The molecular weight excluding hydrogens is 672 g/mol. The number of hydrogen-bond donors (Lipinski definition) is 0. The van der Waals surface area contributed by atoms with Crippen molar-refractivity contribution in [3.05, 3.63) is 109 Å². The molecule has 0 aliphatic carbocycles. The summed E-state index contributed by atoms with van der Waals surface area (Å²) in [5.74, 6) is 0.0184. The molecule has 0 fully saturated rings. The molecule has 220 valence electrons. The highest BCUT2D eigenvalue weighted by Crippen LogP contribution is 2.43. The van der Waals surface area contributed by atoms with Gasteiger partial charge < -0.3 is 18.5 Å². The van der Waals surface area contributed by atoms with Crippen LogP contribution in [0.1, 0.15) is 21.7 Å². The van der Waals surface area contributed by atoms with Crippen molar-refractivity contribution in [1.82, 2.24) is 15.3 Å². The maximum atomic E-state index is 12.9. The second kappa shape index (κ2) is 12.5. The van der Waals surface area contributed by atoms with Gasteiger partial charge in [-0.15, -0.1) is 0 Å². The minimum atomic E-state index is -0.706. The van der Waals surface area contributed by atoms with Gasteiger partial charge in [0, 0.05) is 27.9 Å². The summed E-state index contributed by atoms with van der Waals surface area (Å²) >= 11 is 31.9. The molecule has 0 radical (unpaired) electrons. The SMILES string of the molecule is COC(=O)c1c(-c2c(Cl)cccc2Cl)noc1C=Cc1cnc(Oc2ccc(Cl)cc2)c2c(-c3c(Cl)cccc3Cl)noc12. The number of carbonyl (C=O) groups is 1. The van der Waals surface area contributed by atoms with Crippen molar-refractivity contribution in [2.24, 2.45) is 0 Å². The predicted octanol–water partition coefficient (Wildman–Crippen LogP) is 10.6. The van der Waals surface area contributed by atoms with Gasteiger partial charge in [0.05, 0.1) is 27.2 Å². The molecule has 3 aromatic heterocycles. The molecule has 44 heavy (non-hydrogen) atoms. The Morgan fingerprint density at radius 3 is 1.98 bits per heavy atom. The van der Waals surface area contributed by atoms with E-state index in [0.717, 1.165) is 0 Å². The number of benzene rings is 3. The van der Waals surface area contributed by atoms with Crippen molar-refractivity contribution in [1.29, 1.82) is 0 Å². The van der Waals surface area contributed by atoms with Crippen molar-refractivity contribution in [2.45, 2.75) is 0 Å². The fraction of sp³-hybridized carbons (Fsp3) is 0.0323. The highest BCUT2D eigenvalue weighted by atomic mass is 35.5. The standard InChI is InChI=1S/C31H16Cl5N3O5/c1-41-31(40)25-22(43-38-27(25)23-18(33)4-2-5-19(23)34)13-8-15-14-37-30(42-17-11-9-16(32)10-12-17)26-28(39-44-29(15)26)24-20(35)6-3-7-21(24)36/h2-14H,1H3. The Morgan fingerprint density at radius 2 is 1.36 bits per heavy atom. The number of nitrogens with zero attached hydrogens (tertiary/aromatic N) is 3. The number of fused-ring (bicyclic) bond motifs is 1. The molecule has 0 atom stereocenters. The highest BCUT2D eigenvalue weighted by molar-refractivity contribution is 6.40. The second-order valence-corrected chi connectivity index (χ2v) is 11.2. The molecular formula is C31H16Cl5N3O5. The number of aromatic nitrogens is 3. The average Bonchev–Trinajstić information content (AvgIpc) is 3.63. The molecule has 0 spiro atoms. The van der Waals surface area contributed by atoms with E-state index in [0.29, 0.717) is 54.2 Å². The third-order valence-electron chi connectivity index (χ3n) is 6.44. The van der Waals surface area contributed by atoms with Gasteiger partial charge in [-0.1, -0.05) is 80.5 Å². The van der Waals surface area contributed by atoms with Gasteiger partial charge in [0.25, 0.3) is 0 Å². The third-order valence-corrected chi connectivity index (χ3v) is 7.95. The summed E-state index contributed by atoms with van der Waals surface area (Å²) in [7, 11) is 1.24. The van der Waals surface area contributed by atoms with Crippen LogP contribution in [0.25, 0.3) is 45.6 Å². The smallest absolute Gasteiger partial charge is 0.344 e. The molecule has 0 saturated carbocycles. The van der Waals surface area contributed by atoms with Crippen LogP contribution in [-0.2, 0) is 4.74 Å². The van der Waals surface area contributed by atoms with Gasteiger partial charge in [0.1, 0.15) is 28.1 Å². The summed E-state index contributed by atoms with van der Waals surface area (Å²) in [5.41, 5.74) is 1.96. The average molecular weight is 688 g/mol. The van der Waals surface area contributed by atoms with Crippen LogP contribution in [0.5, 0.6) is 11.6 Å². The Balaban J connectivity index is 1.50. The van der Waals surface area contributed by atoms with Gasteiger partial charge in [-0.25, -0.2) is 9.78 Å². The van der Waals surface area contributed by atoms with Gasteiger partial charge in [0.15, 0.2) is 11.3 Å². The predicted molar refractivity (Wildman–Crippen MR) is 171 cm³/mol. The molecule has 3 heterocycles. The zero-order valence-corrected chi connectivity index (χ0v) is 26.1. The molecule has 0 unspecified atom stereocenters. The zero-order valence-electron chi connectivity index (χ0n) is 22.3. The number of carbonyl (C=O) groups excluding carboxylic acids is 1. The lowest BCUT2D eigenvalue weighted by Crippen LogP contribution is -2.04. The van der Waals surface area contributed by atoms with Gasteiger partial charge in [-0.05, 0) is 60.7 Å². The normalized spacial score (nSPS) is 11.4. The Bertz CT molecular complexity index is 2030. The lowest BCUT2D eigenvalue weighted by atomic mass is 10.0. The first-order chi connectivity index (χ1) is 21.3. The molecule has 8 nitrogen and oxygen atoms in total. The molecule has 13 heteroatoms. The van der Waals surface area contributed by atoms with E-state index in [-0.39, 0.29) is 32.9 Å². The number of ether oxygens (including phenoxy) is 2.